The van der Waals surface area contributed by atoms with Crippen molar-refractivity contribution in [3.8, 4) is 0 Å². The predicted molar refractivity (Wildman–Crippen MR) is 62.1 cm³/mol. The van der Waals surface area contributed by atoms with Crippen molar-refractivity contribution >= 4 is 23.1 Å². The summed E-state index contributed by atoms with van der Waals surface area (Å²) >= 11 is 1.37. The third-order valence-electron chi connectivity index (χ3n) is 2.89. The third kappa shape index (κ3) is 1.78. The van der Waals surface area contributed by atoms with E-state index in [0.717, 1.165) is 23.3 Å². The summed E-state index contributed by atoms with van der Waals surface area (Å²) in [6, 6.07) is 0. The minimum absolute atomic E-state index is 0.0844. The van der Waals surface area contributed by atoms with Crippen LogP contribution >= 0.6 is 11.3 Å². The second-order valence-electron chi connectivity index (χ2n) is 3.98. The largest absolute Gasteiger partial charge is 0.462 e. The molecule has 0 N–H and O–H groups in total. The molecule has 0 aromatic carbocycles. The lowest BCUT2D eigenvalue weighted by molar-refractivity contribution is 0.0525. The van der Waals surface area contributed by atoms with E-state index in [-0.39, 0.29) is 17.7 Å². The summed E-state index contributed by atoms with van der Waals surface area (Å²) in [6.07, 6.45) is 1.63. The molecule has 0 fully saturated rings. The number of thiophene rings is 1. The van der Waals surface area contributed by atoms with E-state index >= 15 is 0 Å². The number of carbonyl (C=O) groups is 2. The lowest BCUT2D eigenvalue weighted by atomic mass is 9.87. The van der Waals surface area contributed by atoms with Crippen LogP contribution in [0.4, 0.5) is 0 Å². The number of ether oxygens (including phenoxy) is 1. The Bertz CT molecular complexity index is 433. The highest BCUT2D eigenvalue weighted by Gasteiger charge is 2.29. The zero-order valence-corrected chi connectivity index (χ0v) is 10.2. The molecule has 0 saturated heterocycles. The number of hydrogen-bond donors (Lipinski definition) is 0. The number of ketones is 1. The van der Waals surface area contributed by atoms with E-state index in [4.69, 9.17) is 4.74 Å². The van der Waals surface area contributed by atoms with Gasteiger partial charge >= 0.3 is 5.97 Å². The molecule has 0 bridgehead atoms. The van der Waals surface area contributed by atoms with Gasteiger partial charge in [0.05, 0.1) is 17.0 Å². The van der Waals surface area contributed by atoms with E-state index in [2.05, 4.69) is 0 Å². The maximum absolute atomic E-state index is 11.9. The van der Waals surface area contributed by atoms with Crippen LogP contribution < -0.4 is 0 Å². The summed E-state index contributed by atoms with van der Waals surface area (Å²) in [6.45, 7) is 4.09. The molecule has 2 rings (SSSR count). The Hall–Kier alpha value is -1.16. The van der Waals surface area contributed by atoms with Crippen LogP contribution in [0.2, 0.25) is 0 Å². The maximum atomic E-state index is 11.9. The van der Waals surface area contributed by atoms with Crippen molar-refractivity contribution in [1.82, 2.24) is 0 Å². The fourth-order valence-corrected chi connectivity index (χ4v) is 3.08. The molecular weight excluding hydrogens is 224 g/mol. The average Bonchev–Trinajstić information content (AvgIpc) is 2.68. The fraction of sp³-hybridized carbons (Fsp3) is 0.500. The number of Topliss-reactive ketones (excluding diaryl/α,β-unsaturated/α-hetero) is 1. The van der Waals surface area contributed by atoms with E-state index in [0.29, 0.717) is 12.2 Å². The van der Waals surface area contributed by atoms with Gasteiger partial charge in [-0.05, 0) is 25.3 Å². The Morgan fingerprint density at radius 1 is 1.62 bits per heavy atom. The summed E-state index contributed by atoms with van der Waals surface area (Å²) in [5.41, 5.74) is 1.48. The van der Waals surface area contributed by atoms with E-state index in [1.54, 1.807) is 12.3 Å². The molecule has 0 spiro atoms. The Morgan fingerprint density at radius 3 is 3.06 bits per heavy atom. The Kier molecular flexibility index (Phi) is 3.10. The molecule has 1 aromatic heterocycles. The molecule has 0 amide bonds. The molecular formula is C12H14O3S. The molecule has 86 valence electrons. The van der Waals surface area contributed by atoms with Gasteiger partial charge in [-0.25, -0.2) is 4.79 Å². The highest BCUT2D eigenvalue weighted by molar-refractivity contribution is 7.12. The Morgan fingerprint density at radius 2 is 2.38 bits per heavy atom. The van der Waals surface area contributed by atoms with Gasteiger partial charge in [0.15, 0.2) is 5.78 Å². The van der Waals surface area contributed by atoms with Gasteiger partial charge in [-0.1, -0.05) is 6.92 Å². The smallest absolute Gasteiger partial charge is 0.339 e. The summed E-state index contributed by atoms with van der Waals surface area (Å²) in [5, 5.41) is 1.75. The van der Waals surface area contributed by atoms with Crippen molar-refractivity contribution in [3.05, 3.63) is 21.4 Å². The summed E-state index contributed by atoms with van der Waals surface area (Å²) in [5.74, 6) is -0.0506. The monoisotopic (exact) mass is 238 g/mol. The topological polar surface area (TPSA) is 43.4 Å². The van der Waals surface area contributed by atoms with Crippen molar-refractivity contribution < 1.29 is 14.3 Å². The molecule has 1 aliphatic rings. The van der Waals surface area contributed by atoms with Gasteiger partial charge in [0, 0.05) is 11.3 Å². The van der Waals surface area contributed by atoms with E-state index in [1.807, 2.05) is 6.92 Å². The second kappa shape index (κ2) is 4.37. The lowest BCUT2D eigenvalue weighted by Gasteiger charge is -2.17. The molecule has 0 radical (unpaired) electrons. The predicted octanol–water partition coefficient (Wildman–Crippen LogP) is 2.69. The normalized spacial score (nSPS) is 19.4. The van der Waals surface area contributed by atoms with Crippen LogP contribution in [-0.2, 0) is 11.2 Å². The van der Waals surface area contributed by atoms with Crippen LogP contribution in [0.5, 0.6) is 0 Å². The van der Waals surface area contributed by atoms with Gasteiger partial charge in [0.1, 0.15) is 0 Å². The van der Waals surface area contributed by atoms with Crippen molar-refractivity contribution in [1.29, 1.82) is 0 Å². The Balaban J connectivity index is 2.35. The first-order valence-corrected chi connectivity index (χ1v) is 6.34. The molecule has 1 aromatic rings. The number of carbonyl (C=O) groups excluding carboxylic acids is 2. The first-order valence-electron chi connectivity index (χ1n) is 5.46. The number of fused-ring (bicyclic) bond motifs is 1. The van der Waals surface area contributed by atoms with Crippen LogP contribution in [0.1, 0.15) is 45.9 Å². The van der Waals surface area contributed by atoms with Crippen molar-refractivity contribution in [2.24, 2.45) is 5.92 Å². The zero-order valence-electron chi connectivity index (χ0n) is 9.41. The first kappa shape index (κ1) is 11.3. The highest BCUT2D eigenvalue weighted by Crippen LogP contribution is 2.33. The second-order valence-corrected chi connectivity index (χ2v) is 4.86. The van der Waals surface area contributed by atoms with Crippen LogP contribution in [0, 0.1) is 5.92 Å². The van der Waals surface area contributed by atoms with E-state index < -0.39 is 0 Å². The molecule has 0 aliphatic heterocycles. The average molecular weight is 238 g/mol. The van der Waals surface area contributed by atoms with E-state index in [9.17, 15) is 9.59 Å². The third-order valence-corrected chi connectivity index (χ3v) is 3.92. The SMILES string of the molecule is CCOC(=O)c1csc2c1CCC(C)C2=O. The van der Waals surface area contributed by atoms with Crippen LogP contribution in [0.25, 0.3) is 0 Å². The van der Waals surface area contributed by atoms with Crippen molar-refractivity contribution in [3.63, 3.8) is 0 Å². The molecule has 1 atom stereocenters. The van der Waals surface area contributed by atoms with Gasteiger partial charge in [0.2, 0.25) is 0 Å². The van der Waals surface area contributed by atoms with Crippen molar-refractivity contribution in [2.75, 3.05) is 6.61 Å². The van der Waals surface area contributed by atoms with E-state index in [1.165, 1.54) is 11.3 Å². The quantitative estimate of drug-likeness (QED) is 0.744. The summed E-state index contributed by atoms with van der Waals surface area (Å²) in [4.78, 5) is 24.3. The lowest BCUT2D eigenvalue weighted by Crippen LogP contribution is -2.19. The number of hydrogen-bond acceptors (Lipinski definition) is 4. The maximum Gasteiger partial charge on any atom is 0.339 e. The molecule has 4 heteroatoms. The van der Waals surface area contributed by atoms with Crippen LogP contribution in [-0.4, -0.2) is 18.4 Å². The molecule has 1 heterocycles. The summed E-state index contributed by atoms with van der Waals surface area (Å²) in [7, 11) is 0. The molecule has 1 aliphatic carbocycles. The molecule has 1 unspecified atom stereocenters. The summed E-state index contributed by atoms with van der Waals surface area (Å²) < 4.78 is 4.97. The van der Waals surface area contributed by atoms with Crippen LogP contribution in [0.15, 0.2) is 5.38 Å². The first-order chi connectivity index (χ1) is 7.65. The van der Waals surface area contributed by atoms with Gasteiger partial charge in [0.25, 0.3) is 0 Å². The van der Waals surface area contributed by atoms with Gasteiger partial charge in [-0.15, -0.1) is 11.3 Å². The van der Waals surface area contributed by atoms with Crippen LogP contribution in [0.3, 0.4) is 0 Å². The van der Waals surface area contributed by atoms with Crippen molar-refractivity contribution in [2.45, 2.75) is 26.7 Å². The van der Waals surface area contributed by atoms with Gasteiger partial charge < -0.3 is 4.74 Å². The zero-order chi connectivity index (χ0) is 11.7. The van der Waals surface area contributed by atoms with Gasteiger partial charge in [-0.3, -0.25) is 4.79 Å². The standard InChI is InChI=1S/C12H14O3S/c1-3-15-12(14)9-6-16-11-8(9)5-4-7(2)10(11)13/h6-7H,3-5H2,1-2H3. The molecule has 3 nitrogen and oxygen atoms in total. The molecule has 16 heavy (non-hydrogen) atoms. The minimum atomic E-state index is -0.303. The minimum Gasteiger partial charge on any atom is -0.462 e. The highest BCUT2D eigenvalue weighted by atomic mass is 32.1. The van der Waals surface area contributed by atoms with Gasteiger partial charge in [-0.2, -0.15) is 0 Å². The molecule has 0 saturated carbocycles. The number of rotatable bonds is 2. The fourth-order valence-electron chi connectivity index (χ4n) is 1.93. The Labute approximate surface area is 98.4 Å². The number of esters is 1.